The number of halogens is 1. The Balaban J connectivity index is 1.50. The maximum atomic E-state index is 13.7. The Hall–Kier alpha value is -2.25. The predicted octanol–water partition coefficient (Wildman–Crippen LogP) is 2.61. The van der Waals surface area contributed by atoms with E-state index >= 15 is 0 Å². The highest BCUT2D eigenvalue weighted by Gasteiger charge is 2.16. The maximum absolute atomic E-state index is 13.7. The van der Waals surface area contributed by atoms with Crippen LogP contribution in [0.25, 0.3) is 11.3 Å². The Bertz CT molecular complexity index is 668. The number of amides is 1. The fourth-order valence-corrected chi connectivity index (χ4v) is 2.36. The van der Waals surface area contributed by atoms with Crippen molar-refractivity contribution in [3.8, 4) is 11.3 Å². The summed E-state index contributed by atoms with van der Waals surface area (Å²) >= 11 is 0. The minimum atomic E-state index is -0.404. The summed E-state index contributed by atoms with van der Waals surface area (Å²) in [6.45, 7) is 1.04. The monoisotopic (exact) mass is 320 g/mol. The number of nitrogens with one attached hydrogen (secondary N) is 1. The molecule has 7 heteroatoms. The number of anilines is 1. The zero-order valence-electron chi connectivity index (χ0n) is 12.5. The lowest BCUT2D eigenvalue weighted by molar-refractivity contribution is -0.121. The third kappa shape index (κ3) is 4.14. The molecule has 0 spiro atoms. The van der Waals surface area contributed by atoms with E-state index in [1.807, 2.05) is 0 Å². The van der Waals surface area contributed by atoms with Crippen LogP contribution in [0, 0.1) is 5.82 Å². The van der Waals surface area contributed by atoms with Crippen LogP contribution < -0.4 is 5.32 Å². The minimum absolute atomic E-state index is 0.0701. The van der Waals surface area contributed by atoms with Gasteiger partial charge in [-0.1, -0.05) is 17.3 Å². The van der Waals surface area contributed by atoms with Crippen LogP contribution in [0.3, 0.4) is 0 Å². The molecule has 0 aliphatic carbocycles. The largest absolute Gasteiger partial charge is 0.376 e. The number of ether oxygens (including phenoxy) is 2. The van der Waals surface area contributed by atoms with E-state index in [-0.39, 0.29) is 24.5 Å². The highest BCUT2D eigenvalue weighted by atomic mass is 19.1. The first-order valence-electron chi connectivity index (χ1n) is 7.43. The molecule has 2 aromatic rings. The van der Waals surface area contributed by atoms with E-state index in [1.54, 1.807) is 18.2 Å². The molecule has 0 radical (unpaired) electrons. The van der Waals surface area contributed by atoms with Crippen LogP contribution in [-0.4, -0.2) is 37.0 Å². The Kier molecular flexibility index (Phi) is 4.99. The van der Waals surface area contributed by atoms with Crippen molar-refractivity contribution in [2.45, 2.75) is 18.9 Å². The quantitative estimate of drug-likeness (QED) is 0.885. The van der Waals surface area contributed by atoms with Gasteiger partial charge in [-0.05, 0) is 25.0 Å². The summed E-state index contributed by atoms with van der Waals surface area (Å²) in [5.74, 6) is -0.619. The molecule has 3 rings (SSSR count). The molecular weight excluding hydrogens is 303 g/mol. The molecule has 0 saturated carbocycles. The van der Waals surface area contributed by atoms with Gasteiger partial charge in [0, 0.05) is 18.2 Å². The lowest BCUT2D eigenvalue weighted by Gasteiger charge is -2.09. The van der Waals surface area contributed by atoms with E-state index in [4.69, 9.17) is 14.0 Å². The van der Waals surface area contributed by atoms with Crippen molar-refractivity contribution in [3.63, 3.8) is 0 Å². The minimum Gasteiger partial charge on any atom is -0.376 e. The smallest absolute Gasteiger partial charge is 0.252 e. The van der Waals surface area contributed by atoms with Crippen LogP contribution in [0.15, 0.2) is 34.9 Å². The summed E-state index contributed by atoms with van der Waals surface area (Å²) in [4.78, 5) is 11.8. The zero-order chi connectivity index (χ0) is 16.1. The summed E-state index contributed by atoms with van der Waals surface area (Å²) in [6.07, 6.45) is 2.05. The molecule has 1 amide bonds. The van der Waals surface area contributed by atoms with Crippen molar-refractivity contribution in [2.75, 3.05) is 25.1 Å². The molecule has 1 fully saturated rings. The predicted molar refractivity (Wildman–Crippen MR) is 80.3 cm³/mol. The van der Waals surface area contributed by atoms with Gasteiger partial charge in [-0.3, -0.25) is 10.1 Å². The molecule has 1 unspecified atom stereocenters. The third-order valence-electron chi connectivity index (χ3n) is 3.48. The van der Waals surface area contributed by atoms with Gasteiger partial charge < -0.3 is 14.0 Å². The lowest BCUT2D eigenvalue weighted by atomic mass is 10.1. The summed E-state index contributed by atoms with van der Waals surface area (Å²) in [7, 11) is 0. The second kappa shape index (κ2) is 7.34. The number of nitrogens with zero attached hydrogens (tertiary/aromatic N) is 1. The number of rotatable bonds is 6. The first-order chi connectivity index (χ1) is 11.2. The van der Waals surface area contributed by atoms with Gasteiger partial charge in [0.1, 0.15) is 18.1 Å². The first-order valence-corrected chi connectivity index (χ1v) is 7.43. The van der Waals surface area contributed by atoms with Gasteiger partial charge in [0.05, 0.1) is 12.7 Å². The third-order valence-corrected chi connectivity index (χ3v) is 3.48. The molecule has 23 heavy (non-hydrogen) atoms. The fourth-order valence-electron chi connectivity index (χ4n) is 2.36. The molecule has 0 bridgehead atoms. The van der Waals surface area contributed by atoms with E-state index in [0.717, 1.165) is 19.4 Å². The van der Waals surface area contributed by atoms with Crippen molar-refractivity contribution in [3.05, 3.63) is 36.1 Å². The summed E-state index contributed by atoms with van der Waals surface area (Å²) < 4.78 is 29.4. The molecular formula is C16H17FN2O4. The zero-order valence-corrected chi connectivity index (χ0v) is 12.5. The Morgan fingerprint density at radius 2 is 2.30 bits per heavy atom. The van der Waals surface area contributed by atoms with Crippen molar-refractivity contribution in [1.29, 1.82) is 0 Å². The van der Waals surface area contributed by atoms with Crippen LogP contribution in [0.1, 0.15) is 12.8 Å². The Labute approximate surface area is 132 Å². The molecule has 1 aromatic heterocycles. The number of carbonyl (C=O) groups is 1. The molecule has 1 saturated heterocycles. The van der Waals surface area contributed by atoms with Gasteiger partial charge in [-0.25, -0.2) is 4.39 Å². The molecule has 122 valence electrons. The van der Waals surface area contributed by atoms with Crippen molar-refractivity contribution >= 4 is 11.8 Å². The van der Waals surface area contributed by atoms with Crippen molar-refractivity contribution in [1.82, 2.24) is 5.16 Å². The van der Waals surface area contributed by atoms with Crippen LogP contribution in [0.4, 0.5) is 10.3 Å². The Morgan fingerprint density at radius 1 is 1.43 bits per heavy atom. The molecule has 1 atom stereocenters. The summed E-state index contributed by atoms with van der Waals surface area (Å²) in [5, 5.41) is 6.27. The number of hydrogen-bond acceptors (Lipinski definition) is 5. The van der Waals surface area contributed by atoms with E-state index in [9.17, 15) is 9.18 Å². The van der Waals surface area contributed by atoms with Crippen LogP contribution in [0.2, 0.25) is 0 Å². The topological polar surface area (TPSA) is 73.6 Å². The van der Waals surface area contributed by atoms with Gasteiger partial charge in [-0.15, -0.1) is 0 Å². The number of aromatic nitrogens is 1. The summed E-state index contributed by atoms with van der Waals surface area (Å²) in [6, 6.07) is 7.68. The van der Waals surface area contributed by atoms with Crippen molar-refractivity contribution in [2.24, 2.45) is 0 Å². The molecule has 2 heterocycles. The normalized spacial score (nSPS) is 17.3. The van der Waals surface area contributed by atoms with Gasteiger partial charge in [0.15, 0.2) is 0 Å². The average molecular weight is 320 g/mol. The standard InChI is InChI=1S/C16H17FN2O4/c17-13-6-2-1-5-12(13)14-8-16(23-19-14)18-15(20)10-21-9-11-4-3-7-22-11/h1-2,5-6,8,11H,3-4,7,9-10H2,(H,18,20). The van der Waals surface area contributed by atoms with Gasteiger partial charge in [0.2, 0.25) is 5.88 Å². The summed E-state index contributed by atoms with van der Waals surface area (Å²) in [5.41, 5.74) is 0.630. The van der Waals surface area contributed by atoms with E-state index in [2.05, 4.69) is 10.5 Å². The van der Waals surface area contributed by atoms with Gasteiger partial charge in [-0.2, -0.15) is 0 Å². The van der Waals surface area contributed by atoms with Crippen molar-refractivity contribution < 1.29 is 23.2 Å². The molecule has 1 aromatic carbocycles. The van der Waals surface area contributed by atoms with Crippen LogP contribution in [0.5, 0.6) is 0 Å². The Morgan fingerprint density at radius 3 is 3.09 bits per heavy atom. The van der Waals surface area contributed by atoms with Gasteiger partial charge >= 0.3 is 0 Å². The first kappa shape index (κ1) is 15.6. The maximum Gasteiger partial charge on any atom is 0.252 e. The fraction of sp³-hybridized carbons (Fsp3) is 0.375. The molecule has 1 aliphatic heterocycles. The van der Waals surface area contributed by atoms with E-state index in [1.165, 1.54) is 12.1 Å². The van der Waals surface area contributed by atoms with E-state index in [0.29, 0.717) is 17.9 Å². The second-order valence-electron chi connectivity index (χ2n) is 5.25. The molecule has 1 N–H and O–H groups in total. The van der Waals surface area contributed by atoms with Crippen LogP contribution >= 0.6 is 0 Å². The number of hydrogen-bond donors (Lipinski definition) is 1. The van der Waals surface area contributed by atoms with Crippen LogP contribution in [-0.2, 0) is 14.3 Å². The lowest BCUT2D eigenvalue weighted by Crippen LogP contribution is -2.22. The highest BCUT2D eigenvalue weighted by Crippen LogP contribution is 2.24. The second-order valence-corrected chi connectivity index (χ2v) is 5.25. The highest BCUT2D eigenvalue weighted by molar-refractivity contribution is 5.90. The average Bonchev–Trinajstić information content (AvgIpc) is 3.20. The SMILES string of the molecule is O=C(COCC1CCCO1)Nc1cc(-c2ccccc2F)no1. The van der Waals surface area contributed by atoms with E-state index < -0.39 is 5.82 Å². The molecule has 1 aliphatic rings. The number of carbonyl (C=O) groups excluding carboxylic acids is 1. The number of benzene rings is 1. The molecule has 6 nitrogen and oxygen atoms in total. The van der Waals surface area contributed by atoms with Gasteiger partial charge in [0.25, 0.3) is 5.91 Å².